The summed E-state index contributed by atoms with van der Waals surface area (Å²) in [7, 11) is 2.06. The third kappa shape index (κ3) is 7.57. The van der Waals surface area contributed by atoms with E-state index in [0.717, 1.165) is 86.9 Å². The first-order valence-electron chi connectivity index (χ1n) is 25.0. The summed E-state index contributed by atoms with van der Waals surface area (Å²) in [6, 6.07) is 20.2. The average Bonchev–Trinajstić information content (AvgIpc) is 3.97. The van der Waals surface area contributed by atoms with Crippen molar-refractivity contribution in [3.8, 4) is 11.3 Å². The summed E-state index contributed by atoms with van der Waals surface area (Å²) < 4.78 is 12.1. The molecule has 1 heterocycles. The number of nitrogens with one attached hydrogen (secondary N) is 3. The molecule has 7 saturated carbocycles. The lowest BCUT2D eigenvalue weighted by Gasteiger charge is -2.67. The quantitative estimate of drug-likeness (QED) is 0.137. The molecule has 9 nitrogen and oxygen atoms in total. The van der Waals surface area contributed by atoms with Crippen molar-refractivity contribution in [2.75, 3.05) is 7.05 Å². The number of esters is 2. The second-order valence-corrected chi connectivity index (χ2v) is 21.8. The number of benzene rings is 2. The number of likely N-dealkylation sites (N-methyl/N-ethyl adjacent to an activating group) is 1. The van der Waals surface area contributed by atoms with Gasteiger partial charge in [-0.15, -0.1) is 6.58 Å². The monoisotopic (exact) mass is 871 g/mol. The fourth-order valence-corrected chi connectivity index (χ4v) is 15.5. The molecule has 2 aromatic carbocycles. The van der Waals surface area contributed by atoms with Gasteiger partial charge in [0.05, 0.1) is 34.7 Å². The summed E-state index contributed by atoms with van der Waals surface area (Å²) in [6.07, 6.45) is 19.2. The van der Waals surface area contributed by atoms with Gasteiger partial charge >= 0.3 is 11.9 Å². The molecular formula is C55H74N4O5. The van der Waals surface area contributed by atoms with Gasteiger partial charge in [-0.1, -0.05) is 93.9 Å². The van der Waals surface area contributed by atoms with Crippen molar-refractivity contribution in [2.24, 2.45) is 63.6 Å². The predicted octanol–water partition coefficient (Wildman–Crippen LogP) is 10.7. The number of hydrogen-bond donors (Lipinski definition) is 3. The molecule has 0 bridgehead atoms. The maximum absolute atomic E-state index is 14.9. The van der Waals surface area contributed by atoms with Crippen LogP contribution >= 0.6 is 0 Å². The summed E-state index contributed by atoms with van der Waals surface area (Å²) in [5, 5.41) is 7.40. The van der Waals surface area contributed by atoms with Crippen LogP contribution in [-0.4, -0.2) is 47.0 Å². The van der Waals surface area contributed by atoms with Crippen molar-refractivity contribution in [3.63, 3.8) is 0 Å². The molecule has 0 aliphatic heterocycles. The Morgan fingerprint density at radius 2 is 1.48 bits per heavy atom. The molecule has 0 saturated heterocycles. The van der Waals surface area contributed by atoms with Gasteiger partial charge in [-0.3, -0.25) is 14.4 Å². The van der Waals surface area contributed by atoms with E-state index in [1.807, 2.05) is 56.4 Å². The lowest BCUT2D eigenvalue weighted by atomic mass is 9.38. The molecule has 0 spiro atoms. The number of imidazole rings is 1. The normalized spacial score (nSPS) is 37.8. The van der Waals surface area contributed by atoms with Crippen LogP contribution < -0.4 is 10.6 Å². The Labute approximate surface area is 382 Å². The molecule has 7 aliphatic rings. The number of amides is 1. The van der Waals surface area contributed by atoms with E-state index in [2.05, 4.69) is 67.4 Å². The number of ether oxygens (including phenoxy) is 2. The van der Waals surface area contributed by atoms with Crippen molar-refractivity contribution in [1.29, 1.82) is 0 Å². The Hall–Kier alpha value is -4.24. The largest absolute Gasteiger partial charge is 0.461 e. The topological polar surface area (TPSA) is 122 Å². The zero-order valence-electron chi connectivity index (χ0n) is 39.2. The van der Waals surface area contributed by atoms with Gasteiger partial charge in [0.25, 0.3) is 0 Å². The first-order valence-corrected chi connectivity index (χ1v) is 25.0. The molecular weight excluding hydrogens is 797 g/mol. The van der Waals surface area contributed by atoms with Crippen molar-refractivity contribution in [2.45, 2.75) is 148 Å². The molecule has 13 atom stereocenters. The third-order valence-corrected chi connectivity index (χ3v) is 19.0. The number of H-pyrrole nitrogens is 1. The van der Waals surface area contributed by atoms with Crippen molar-refractivity contribution >= 4 is 17.8 Å². The summed E-state index contributed by atoms with van der Waals surface area (Å²) in [4.78, 5) is 50.1. The van der Waals surface area contributed by atoms with Crippen LogP contribution in [-0.2, 0) is 36.0 Å². The minimum absolute atomic E-state index is 0.0909. The van der Waals surface area contributed by atoms with Crippen molar-refractivity contribution < 1.29 is 23.9 Å². The van der Waals surface area contributed by atoms with Crippen molar-refractivity contribution in [1.82, 2.24) is 20.6 Å². The molecule has 9 heteroatoms. The Balaban J connectivity index is 0.00000168. The van der Waals surface area contributed by atoms with E-state index in [4.69, 9.17) is 14.5 Å². The highest BCUT2D eigenvalue weighted by atomic mass is 16.5. The van der Waals surface area contributed by atoms with Crippen LogP contribution in [0.1, 0.15) is 135 Å². The first-order chi connectivity index (χ1) is 30.9. The smallest absolute Gasteiger partial charge is 0.309 e. The fraction of sp³-hybridized carbons (Fsp3) is 0.636. The van der Waals surface area contributed by atoms with E-state index < -0.39 is 5.54 Å². The van der Waals surface area contributed by atoms with Crippen LogP contribution in [0.3, 0.4) is 0 Å². The van der Waals surface area contributed by atoms with E-state index in [1.165, 1.54) is 25.7 Å². The molecule has 1 aromatic heterocycles. The van der Waals surface area contributed by atoms with Crippen LogP contribution in [0.5, 0.6) is 0 Å². The number of carbonyl (C=O) groups is 3. The highest BCUT2D eigenvalue weighted by molar-refractivity contribution is 5.84. The summed E-state index contributed by atoms with van der Waals surface area (Å²) in [5.74, 6) is 2.95. The van der Waals surface area contributed by atoms with Gasteiger partial charge in [-0.2, -0.15) is 0 Å². The number of allylic oxidation sites excluding steroid dienone is 1. The maximum Gasteiger partial charge on any atom is 0.309 e. The number of rotatable bonds is 10. The van der Waals surface area contributed by atoms with Crippen LogP contribution in [0.25, 0.3) is 11.3 Å². The SMILES string of the molecule is C=CC.CNC1C(OC(=O)C2CC(C(=O)OCc3ccccc3)C2C)CCC2(C)C1CCC1(C)C3CCC4(C(=O)NC5(c6ncc(-c7ccccc7)[nH]6)CCC5)CCCC4C3CCC12. The molecule has 7 fully saturated rings. The zero-order chi connectivity index (χ0) is 44.9. The molecule has 10 rings (SSSR count). The zero-order valence-corrected chi connectivity index (χ0v) is 39.2. The number of fused-ring (bicyclic) bond motifs is 7. The Bertz CT molecular complexity index is 2150. The van der Waals surface area contributed by atoms with E-state index in [9.17, 15) is 14.4 Å². The predicted molar refractivity (Wildman–Crippen MR) is 250 cm³/mol. The molecule has 64 heavy (non-hydrogen) atoms. The van der Waals surface area contributed by atoms with Crippen LogP contribution in [0.4, 0.5) is 0 Å². The van der Waals surface area contributed by atoms with Gasteiger partial charge in [-0.25, -0.2) is 4.98 Å². The first kappa shape index (κ1) is 44.9. The Kier molecular flexibility index (Phi) is 12.5. The highest BCUT2D eigenvalue weighted by Crippen LogP contribution is 2.71. The van der Waals surface area contributed by atoms with E-state index in [-0.39, 0.29) is 64.7 Å². The van der Waals surface area contributed by atoms with E-state index in [1.54, 1.807) is 6.08 Å². The van der Waals surface area contributed by atoms with Gasteiger partial charge in [0.15, 0.2) is 0 Å². The van der Waals surface area contributed by atoms with Gasteiger partial charge in [0.1, 0.15) is 18.5 Å². The fourth-order valence-electron chi connectivity index (χ4n) is 15.5. The second kappa shape index (κ2) is 17.9. The van der Waals surface area contributed by atoms with Gasteiger partial charge in [0, 0.05) is 6.04 Å². The number of aromatic amines is 1. The lowest BCUT2D eigenvalue weighted by molar-refractivity contribution is -0.200. The van der Waals surface area contributed by atoms with Crippen LogP contribution in [0.15, 0.2) is 79.5 Å². The van der Waals surface area contributed by atoms with E-state index in [0.29, 0.717) is 41.9 Å². The summed E-state index contributed by atoms with van der Waals surface area (Å²) in [6.45, 7) is 12.7. The minimum Gasteiger partial charge on any atom is -0.461 e. The number of nitrogens with zero attached hydrogens (tertiary/aromatic N) is 1. The molecule has 344 valence electrons. The molecule has 3 aromatic rings. The van der Waals surface area contributed by atoms with Crippen LogP contribution in [0, 0.1) is 63.6 Å². The summed E-state index contributed by atoms with van der Waals surface area (Å²) in [5.41, 5.74) is 2.82. The van der Waals surface area contributed by atoms with Crippen LogP contribution in [0.2, 0.25) is 0 Å². The standard InChI is InChI=1S/C52H68N4O5.C3H6/c1-32-36(45(57)60-31-33-13-7-5-8-14-33)29-37(32)46(58)61-42-22-27-50(3)40(44(42)53-4)20-26-49(2)38-21-28-51(23-11-17-39(51)35(38)18-19-43(49)50)48(59)56-52(24-12-25-52)47-54-30-41(55-47)34-15-9-6-10-16-34;1-3-2/h5-10,13-16,30,32,35-40,42-44,53H,11-12,17-29,31H2,1-4H3,(H,54,55)(H,56,59);3H,1H2,2H3. The second-order valence-electron chi connectivity index (χ2n) is 21.8. The minimum atomic E-state index is -0.397. The van der Waals surface area contributed by atoms with E-state index >= 15 is 0 Å². The van der Waals surface area contributed by atoms with Gasteiger partial charge < -0.3 is 25.1 Å². The number of carbonyl (C=O) groups excluding carboxylic acids is 3. The molecule has 1 amide bonds. The lowest BCUT2D eigenvalue weighted by Crippen LogP contribution is -2.65. The average molecular weight is 871 g/mol. The molecule has 0 radical (unpaired) electrons. The Morgan fingerprint density at radius 3 is 2.17 bits per heavy atom. The maximum atomic E-state index is 14.9. The number of aromatic nitrogens is 2. The third-order valence-electron chi connectivity index (χ3n) is 19.0. The van der Waals surface area contributed by atoms with Gasteiger partial charge in [-0.05, 0) is 161 Å². The highest BCUT2D eigenvalue weighted by Gasteiger charge is 2.67. The molecule has 3 N–H and O–H groups in total. The Morgan fingerprint density at radius 1 is 0.812 bits per heavy atom. The van der Waals surface area contributed by atoms with Crippen molar-refractivity contribution in [3.05, 3.63) is 90.9 Å². The molecule has 7 aliphatic carbocycles. The molecule has 13 unspecified atom stereocenters. The summed E-state index contributed by atoms with van der Waals surface area (Å²) >= 11 is 0. The van der Waals surface area contributed by atoms with Gasteiger partial charge in [0.2, 0.25) is 5.91 Å². The number of hydrogen-bond acceptors (Lipinski definition) is 7.